The van der Waals surface area contributed by atoms with Crippen LogP contribution in [-0.4, -0.2) is 39.8 Å². The molecule has 0 bridgehead atoms. The molecule has 7 heteroatoms. The van der Waals surface area contributed by atoms with E-state index in [1.54, 1.807) is 6.20 Å². The molecule has 31 heavy (non-hydrogen) atoms. The van der Waals surface area contributed by atoms with Gasteiger partial charge in [0, 0.05) is 47.2 Å². The highest BCUT2D eigenvalue weighted by atomic mass is 32.1. The Morgan fingerprint density at radius 1 is 1.06 bits per heavy atom. The van der Waals surface area contributed by atoms with Crippen LogP contribution in [0.3, 0.4) is 0 Å². The van der Waals surface area contributed by atoms with E-state index < -0.39 is 0 Å². The highest BCUT2D eigenvalue weighted by molar-refractivity contribution is 7.13. The number of carbonyl (C=O) groups excluding carboxylic acids is 2. The van der Waals surface area contributed by atoms with E-state index >= 15 is 0 Å². The Bertz CT molecular complexity index is 1240. The first-order valence-corrected chi connectivity index (χ1v) is 11.0. The van der Waals surface area contributed by atoms with Crippen molar-refractivity contribution < 1.29 is 9.59 Å². The second kappa shape index (κ2) is 8.28. The van der Waals surface area contributed by atoms with Gasteiger partial charge in [-0.3, -0.25) is 19.9 Å². The van der Waals surface area contributed by atoms with Gasteiger partial charge in [0.15, 0.2) is 5.13 Å². The Labute approximate surface area is 183 Å². The fourth-order valence-electron chi connectivity index (χ4n) is 3.99. The zero-order valence-corrected chi connectivity index (χ0v) is 17.5. The lowest BCUT2D eigenvalue weighted by molar-refractivity contribution is 0.0790. The van der Waals surface area contributed by atoms with E-state index in [0.717, 1.165) is 23.0 Å². The molecule has 1 atom stereocenters. The largest absolute Gasteiger partial charge is 0.338 e. The van der Waals surface area contributed by atoms with Gasteiger partial charge in [-0.2, -0.15) is 0 Å². The first-order chi connectivity index (χ1) is 15.2. The molecule has 0 radical (unpaired) electrons. The second-order valence-corrected chi connectivity index (χ2v) is 8.40. The molecular weight excluding hydrogens is 408 g/mol. The lowest BCUT2D eigenvalue weighted by atomic mass is 9.99. The van der Waals surface area contributed by atoms with Crippen molar-refractivity contribution in [1.82, 2.24) is 14.9 Å². The summed E-state index contributed by atoms with van der Waals surface area (Å²) >= 11 is 1.38. The third kappa shape index (κ3) is 3.92. The molecule has 0 saturated carbocycles. The van der Waals surface area contributed by atoms with Gasteiger partial charge in [0.25, 0.3) is 11.8 Å². The highest BCUT2D eigenvalue weighted by Gasteiger charge is 2.29. The minimum Gasteiger partial charge on any atom is -0.338 e. The molecule has 0 aliphatic carbocycles. The van der Waals surface area contributed by atoms with E-state index in [2.05, 4.69) is 10.3 Å². The van der Waals surface area contributed by atoms with Gasteiger partial charge in [0.05, 0.1) is 11.1 Å². The number of likely N-dealkylation sites (tertiary alicyclic amines) is 1. The molecule has 1 aliphatic heterocycles. The van der Waals surface area contributed by atoms with Crippen molar-refractivity contribution in [2.75, 3.05) is 18.4 Å². The molecule has 3 heterocycles. The highest BCUT2D eigenvalue weighted by Crippen LogP contribution is 2.30. The van der Waals surface area contributed by atoms with Crippen LogP contribution >= 0.6 is 11.3 Å². The van der Waals surface area contributed by atoms with Gasteiger partial charge < -0.3 is 4.90 Å². The Balaban J connectivity index is 1.44. The van der Waals surface area contributed by atoms with Gasteiger partial charge in [-0.1, -0.05) is 36.4 Å². The smallest absolute Gasteiger partial charge is 0.258 e. The summed E-state index contributed by atoms with van der Waals surface area (Å²) in [6.45, 7) is 1.26. The first kappa shape index (κ1) is 19.4. The van der Waals surface area contributed by atoms with Crippen molar-refractivity contribution in [2.24, 2.45) is 0 Å². The number of aromatic nitrogens is 2. The predicted molar refractivity (Wildman–Crippen MR) is 122 cm³/mol. The van der Waals surface area contributed by atoms with Crippen molar-refractivity contribution in [3.8, 4) is 0 Å². The van der Waals surface area contributed by atoms with Crippen molar-refractivity contribution in [3.05, 3.63) is 89.1 Å². The van der Waals surface area contributed by atoms with Crippen LogP contribution in [0.2, 0.25) is 0 Å². The van der Waals surface area contributed by atoms with Crippen LogP contribution in [0, 0.1) is 0 Å². The van der Waals surface area contributed by atoms with Crippen LogP contribution in [-0.2, 0) is 0 Å². The number of nitrogens with zero attached hydrogens (tertiary/aromatic N) is 3. The van der Waals surface area contributed by atoms with Crippen molar-refractivity contribution >= 4 is 39.2 Å². The van der Waals surface area contributed by atoms with Gasteiger partial charge in [-0.05, 0) is 30.7 Å². The zero-order chi connectivity index (χ0) is 21.2. The molecular formula is C24H20N4O2S. The van der Waals surface area contributed by atoms with Gasteiger partial charge in [-0.25, -0.2) is 4.98 Å². The van der Waals surface area contributed by atoms with Gasteiger partial charge >= 0.3 is 0 Å². The van der Waals surface area contributed by atoms with Gasteiger partial charge in [0.1, 0.15) is 0 Å². The summed E-state index contributed by atoms with van der Waals surface area (Å²) in [5.41, 5.74) is 2.88. The van der Waals surface area contributed by atoms with E-state index in [-0.39, 0.29) is 17.7 Å². The molecule has 2 aromatic heterocycles. The molecule has 1 N–H and O–H groups in total. The average Bonchev–Trinajstić information content (AvgIpc) is 3.51. The molecule has 1 saturated heterocycles. The van der Waals surface area contributed by atoms with E-state index in [1.165, 1.54) is 11.3 Å². The third-order valence-electron chi connectivity index (χ3n) is 5.55. The number of fused-ring (bicyclic) bond motifs is 1. The van der Waals surface area contributed by atoms with Gasteiger partial charge in [0.2, 0.25) is 0 Å². The Hall–Kier alpha value is -3.58. The number of rotatable bonds is 4. The van der Waals surface area contributed by atoms with E-state index in [9.17, 15) is 9.59 Å². The summed E-state index contributed by atoms with van der Waals surface area (Å²) in [4.78, 5) is 36.7. The number of pyridine rings is 1. The number of amides is 2. The number of anilines is 1. The summed E-state index contributed by atoms with van der Waals surface area (Å²) in [6, 6.07) is 18.8. The number of nitrogens with one attached hydrogen (secondary N) is 1. The lowest BCUT2D eigenvalue weighted by Crippen LogP contribution is -2.28. The van der Waals surface area contributed by atoms with Crippen LogP contribution < -0.4 is 5.32 Å². The molecule has 6 nitrogen and oxygen atoms in total. The monoisotopic (exact) mass is 428 g/mol. The quantitative estimate of drug-likeness (QED) is 0.517. The number of carbonyl (C=O) groups is 2. The summed E-state index contributed by atoms with van der Waals surface area (Å²) in [7, 11) is 0. The Kier molecular flexibility index (Phi) is 5.18. The van der Waals surface area contributed by atoms with Crippen molar-refractivity contribution in [2.45, 2.75) is 12.3 Å². The average molecular weight is 429 g/mol. The Morgan fingerprint density at radius 3 is 2.68 bits per heavy atom. The summed E-state index contributed by atoms with van der Waals surface area (Å²) in [5.74, 6) is -0.0840. The van der Waals surface area contributed by atoms with Crippen LogP contribution in [0.5, 0.6) is 0 Å². The molecule has 0 spiro atoms. The fourth-order valence-corrected chi connectivity index (χ4v) is 4.52. The number of para-hydroxylation sites is 1. The molecule has 1 aliphatic rings. The van der Waals surface area contributed by atoms with E-state index in [4.69, 9.17) is 4.98 Å². The lowest BCUT2D eigenvalue weighted by Gasteiger charge is -2.17. The molecule has 1 fully saturated rings. The van der Waals surface area contributed by atoms with Gasteiger partial charge in [-0.15, -0.1) is 11.3 Å². The predicted octanol–water partition coefficient (Wildman–Crippen LogP) is 4.57. The molecule has 4 aromatic rings. The fraction of sp³-hybridized carbons (Fsp3) is 0.167. The zero-order valence-electron chi connectivity index (χ0n) is 16.7. The van der Waals surface area contributed by atoms with Crippen LogP contribution in [0.15, 0.2) is 72.2 Å². The topological polar surface area (TPSA) is 75.2 Å². The molecule has 154 valence electrons. The molecule has 5 rings (SSSR count). The number of hydrogen-bond donors (Lipinski definition) is 1. The molecule has 2 amide bonds. The van der Waals surface area contributed by atoms with Crippen LogP contribution in [0.25, 0.3) is 10.9 Å². The Morgan fingerprint density at radius 2 is 1.87 bits per heavy atom. The minimum atomic E-state index is -0.204. The maximum Gasteiger partial charge on any atom is 0.258 e. The second-order valence-electron chi connectivity index (χ2n) is 7.51. The summed E-state index contributed by atoms with van der Waals surface area (Å²) < 4.78 is 0. The van der Waals surface area contributed by atoms with E-state index in [0.29, 0.717) is 29.3 Å². The van der Waals surface area contributed by atoms with Crippen molar-refractivity contribution in [1.29, 1.82) is 0 Å². The number of benzene rings is 2. The standard InChI is InChI=1S/C24H20N4O2S/c29-22(27-24-25-11-13-31-24)19-14-21(26-20-9-5-4-8-18(19)20)17-10-12-28(15-17)23(30)16-6-2-1-3-7-16/h1-9,11,13-14,17H,10,12,15H2,(H,25,27,29). The normalized spacial score (nSPS) is 15.9. The van der Waals surface area contributed by atoms with E-state index in [1.807, 2.05) is 70.9 Å². The minimum absolute atomic E-state index is 0.0330. The van der Waals surface area contributed by atoms with Crippen LogP contribution in [0.4, 0.5) is 5.13 Å². The van der Waals surface area contributed by atoms with Crippen molar-refractivity contribution in [3.63, 3.8) is 0 Å². The SMILES string of the molecule is O=C(Nc1nccs1)c1cc(C2CCN(C(=O)c3ccccc3)C2)nc2ccccc12. The summed E-state index contributed by atoms with van der Waals surface area (Å²) in [6.07, 6.45) is 2.48. The first-order valence-electron chi connectivity index (χ1n) is 10.1. The third-order valence-corrected chi connectivity index (χ3v) is 6.24. The van der Waals surface area contributed by atoms with Crippen LogP contribution in [0.1, 0.15) is 38.7 Å². The number of thiazole rings is 1. The summed E-state index contributed by atoms with van der Waals surface area (Å²) in [5, 5.41) is 6.06. The maximum absolute atomic E-state index is 13.0. The molecule has 1 unspecified atom stereocenters. The molecule has 2 aromatic carbocycles. The maximum atomic E-state index is 13.0. The number of hydrogen-bond acceptors (Lipinski definition) is 5.